The summed E-state index contributed by atoms with van der Waals surface area (Å²) in [6, 6.07) is 35.5. The molecule has 0 saturated heterocycles. The van der Waals surface area contributed by atoms with Gasteiger partial charge in [0, 0.05) is 11.3 Å². The summed E-state index contributed by atoms with van der Waals surface area (Å²) in [5.74, 6) is 1.46. The van der Waals surface area contributed by atoms with Crippen LogP contribution in [0.25, 0.3) is 11.3 Å². The predicted octanol–water partition coefficient (Wildman–Crippen LogP) is 6.19. The third-order valence-corrected chi connectivity index (χ3v) is 10.2. The van der Waals surface area contributed by atoms with Crippen LogP contribution >= 0.6 is 7.92 Å². The fourth-order valence-electron chi connectivity index (χ4n) is 5.73. The smallest absolute Gasteiger partial charge is 0.0712 e. The van der Waals surface area contributed by atoms with Gasteiger partial charge in [-0.25, -0.2) is 0 Å². The largest absolute Gasteiger partial charge is 0.253 e. The number of pyridine rings is 1. The van der Waals surface area contributed by atoms with Gasteiger partial charge in [0.05, 0.1) is 5.69 Å². The molecular weight excluding hydrogens is 405 g/mol. The zero-order valence-electron chi connectivity index (χ0n) is 18.7. The Morgan fingerprint density at radius 2 is 1.38 bits per heavy atom. The molecule has 3 aliphatic carbocycles. The summed E-state index contributed by atoms with van der Waals surface area (Å²) in [6.45, 7) is 4.87. The number of benzene rings is 3. The van der Waals surface area contributed by atoms with E-state index in [1.807, 2.05) is 0 Å². The number of aromatic nitrogens is 1. The number of nitrogens with zero attached hydrogens (tertiary/aromatic N) is 1. The lowest BCUT2D eigenvalue weighted by atomic mass is 9.48. The van der Waals surface area contributed by atoms with Gasteiger partial charge >= 0.3 is 0 Å². The molecule has 3 aromatic carbocycles. The second kappa shape index (κ2) is 7.68. The molecule has 0 unspecified atom stereocenters. The van der Waals surface area contributed by atoms with Crippen LogP contribution in [-0.4, -0.2) is 4.98 Å². The van der Waals surface area contributed by atoms with Crippen LogP contribution in [0.1, 0.15) is 37.4 Å². The zero-order valence-corrected chi connectivity index (χ0v) is 19.6. The Labute approximate surface area is 192 Å². The van der Waals surface area contributed by atoms with Crippen molar-refractivity contribution >= 4 is 23.8 Å². The van der Waals surface area contributed by atoms with Crippen LogP contribution in [0.4, 0.5) is 0 Å². The van der Waals surface area contributed by atoms with E-state index in [9.17, 15) is 0 Å². The highest BCUT2D eigenvalue weighted by molar-refractivity contribution is 7.80. The van der Waals surface area contributed by atoms with Crippen molar-refractivity contribution in [1.82, 2.24) is 4.98 Å². The van der Waals surface area contributed by atoms with Crippen molar-refractivity contribution < 1.29 is 0 Å². The standard InChI is InChI=1S/C30H28NP/c1-30(2)21-19-26(30)24-17-18-27(31-28(24)20-21)25-15-9-10-16-29(25)32(22-11-5-3-6-12-22)23-13-7-4-8-14-23/h3-18,21,26H,19-20H2,1-2H3/t21-,26+/m1/s1. The minimum atomic E-state index is -0.657. The normalized spacial score (nSPS) is 20.5. The molecule has 0 N–H and O–H groups in total. The van der Waals surface area contributed by atoms with E-state index in [1.165, 1.54) is 39.2 Å². The number of rotatable bonds is 4. The summed E-state index contributed by atoms with van der Waals surface area (Å²) in [6.07, 6.45) is 2.46. The molecule has 2 bridgehead atoms. The Kier molecular flexibility index (Phi) is 4.77. The third kappa shape index (κ3) is 3.14. The number of hydrogen-bond acceptors (Lipinski definition) is 1. The van der Waals surface area contributed by atoms with Gasteiger partial charge in [-0.2, -0.15) is 0 Å². The van der Waals surface area contributed by atoms with Crippen LogP contribution in [0.3, 0.4) is 0 Å². The molecule has 0 amide bonds. The molecule has 1 fully saturated rings. The van der Waals surface area contributed by atoms with Gasteiger partial charge in [-0.3, -0.25) is 4.98 Å². The number of hydrogen-bond donors (Lipinski definition) is 0. The first-order chi connectivity index (χ1) is 15.6. The van der Waals surface area contributed by atoms with Crippen LogP contribution in [-0.2, 0) is 6.42 Å². The maximum atomic E-state index is 5.27. The van der Waals surface area contributed by atoms with Gasteiger partial charge in [0.15, 0.2) is 0 Å². The van der Waals surface area contributed by atoms with E-state index in [0.717, 1.165) is 18.0 Å². The second-order valence-corrected chi connectivity index (χ2v) is 12.0. The first kappa shape index (κ1) is 19.9. The molecule has 0 radical (unpaired) electrons. The summed E-state index contributed by atoms with van der Waals surface area (Å²) in [5, 5.41) is 4.14. The van der Waals surface area contributed by atoms with Crippen molar-refractivity contribution in [2.45, 2.75) is 32.6 Å². The quantitative estimate of drug-likeness (QED) is 0.350. The lowest BCUT2D eigenvalue weighted by Gasteiger charge is -2.56. The van der Waals surface area contributed by atoms with Crippen LogP contribution in [0.5, 0.6) is 0 Å². The summed E-state index contributed by atoms with van der Waals surface area (Å²) >= 11 is 0. The van der Waals surface area contributed by atoms with Crippen molar-refractivity contribution in [3.8, 4) is 11.3 Å². The van der Waals surface area contributed by atoms with Crippen molar-refractivity contribution in [2.75, 3.05) is 0 Å². The predicted molar refractivity (Wildman–Crippen MR) is 137 cm³/mol. The van der Waals surface area contributed by atoms with E-state index in [0.29, 0.717) is 11.3 Å². The molecular formula is C30H28NP. The van der Waals surface area contributed by atoms with Crippen molar-refractivity contribution in [1.29, 1.82) is 0 Å². The van der Waals surface area contributed by atoms with Crippen molar-refractivity contribution in [3.63, 3.8) is 0 Å². The van der Waals surface area contributed by atoms with Crippen LogP contribution in [0.15, 0.2) is 97.1 Å². The Balaban J connectivity index is 1.48. The Hall–Kier alpha value is -2.76. The van der Waals surface area contributed by atoms with Gasteiger partial charge in [0.25, 0.3) is 0 Å². The molecule has 7 rings (SSSR count). The fraction of sp³-hybridized carbons (Fsp3) is 0.233. The van der Waals surface area contributed by atoms with E-state index in [4.69, 9.17) is 4.98 Å². The van der Waals surface area contributed by atoms with Gasteiger partial charge in [-0.1, -0.05) is 105 Å². The molecule has 2 atom stereocenters. The minimum absolute atomic E-state index is 0.434. The summed E-state index contributed by atoms with van der Waals surface area (Å²) in [4.78, 5) is 5.27. The molecule has 0 spiro atoms. The average molecular weight is 434 g/mol. The van der Waals surface area contributed by atoms with Crippen LogP contribution in [0, 0.1) is 11.3 Å². The molecule has 1 saturated carbocycles. The van der Waals surface area contributed by atoms with Gasteiger partial charge < -0.3 is 0 Å². The Morgan fingerprint density at radius 3 is 2.03 bits per heavy atom. The molecule has 4 aromatic rings. The van der Waals surface area contributed by atoms with Gasteiger partial charge in [-0.15, -0.1) is 0 Å². The molecule has 0 aliphatic heterocycles. The Morgan fingerprint density at radius 1 is 0.750 bits per heavy atom. The summed E-state index contributed by atoms with van der Waals surface area (Å²) in [7, 11) is -0.657. The lowest BCUT2D eigenvalue weighted by Crippen LogP contribution is -2.48. The minimum Gasteiger partial charge on any atom is -0.253 e. The summed E-state index contributed by atoms with van der Waals surface area (Å²) < 4.78 is 0. The monoisotopic (exact) mass is 433 g/mol. The molecule has 1 heterocycles. The first-order valence-corrected chi connectivity index (χ1v) is 13.0. The molecule has 1 nitrogen and oxygen atoms in total. The van der Waals surface area contributed by atoms with E-state index >= 15 is 0 Å². The van der Waals surface area contributed by atoms with Crippen LogP contribution < -0.4 is 15.9 Å². The highest BCUT2D eigenvalue weighted by Gasteiger charge is 2.52. The average Bonchev–Trinajstić information content (AvgIpc) is 2.85. The molecule has 158 valence electrons. The first-order valence-electron chi connectivity index (χ1n) is 11.6. The SMILES string of the molecule is CC1(C)[C@H]2Cc3nc(-c4ccccc4P(c4ccccc4)c4ccccc4)ccc3[C@@H]1C2. The topological polar surface area (TPSA) is 12.9 Å². The highest BCUT2D eigenvalue weighted by atomic mass is 31.1. The van der Waals surface area contributed by atoms with Crippen molar-refractivity contribution in [3.05, 3.63) is 108 Å². The molecule has 32 heavy (non-hydrogen) atoms. The highest BCUT2D eigenvalue weighted by Crippen LogP contribution is 2.61. The van der Waals surface area contributed by atoms with Gasteiger partial charge in [0.2, 0.25) is 0 Å². The van der Waals surface area contributed by atoms with Gasteiger partial charge in [-0.05, 0) is 65.6 Å². The van der Waals surface area contributed by atoms with Crippen LogP contribution in [0.2, 0.25) is 0 Å². The maximum Gasteiger partial charge on any atom is 0.0712 e. The van der Waals surface area contributed by atoms with E-state index in [2.05, 4.69) is 111 Å². The van der Waals surface area contributed by atoms with Gasteiger partial charge in [0.1, 0.15) is 0 Å². The summed E-state index contributed by atoms with van der Waals surface area (Å²) in [5.41, 5.74) is 5.66. The van der Waals surface area contributed by atoms with E-state index in [1.54, 1.807) is 0 Å². The molecule has 3 aliphatic rings. The van der Waals surface area contributed by atoms with E-state index in [-0.39, 0.29) is 0 Å². The fourth-order valence-corrected chi connectivity index (χ4v) is 8.19. The Bertz CT molecular complexity index is 1220. The second-order valence-electron chi connectivity index (χ2n) is 9.77. The maximum absolute atomic E-state index is 5.27. The molecule has 1 aromatic heterocycles. The lowest BCUT2D eigenvalue weighted by molar-refractivity contribution is 0.0170. The van der Waals surface area contributed by atoms with E-state index < -0.39 is 7.92 Å². The zero-order chi connectivity index (χ0) is 21.7. The third-order valence-electron chi connectivity index (χ3n) is 7.74. The van der Waals surface area contributed by atoms with Crippen molar-refractivity contribution in [2.24, 2.45) is 11.3 Å². The molecule has 2 heteroatoms.